The Balaban J connectivity index is 1.90. The molecule has 0 amide bonds. The Morgan fingerprint density at radius 2 is 2.09 bits per heavy atom. The van der Waals surface area contributed by atoms with Gasteiger partial charge in [0.05, 0.1) is 22.5 Å². The smallest absolute Gasteiger partial charge is 0.259 e. The molecule has 108 valence electrons. The minimum atomic E-state index is -0.469. The number of thioether (sulfide) groups is 1. The Hall–Kier alpha value is -2.65. The van der Waals surface area contributed by atoms with Crippen LogP contribution >= 0.6 is 11.8 Å². The van der Waals surface area contributed by atoms with E-state index >= 15 is 0 Å². The van der Waals surface area contributed by atoms with E-state index in [1.165, 1.54) is 30.0 Å². The van der Waals surface area contributed by atoms with Crippen molar-refractivity contribution >= 4 is 22.7 Å². The first-order valence-electron chi connectivity index (χ1n) is 6.48. The van der Waals surface area contributed by atoms with Gasteiger partial charge in [-0.3, -0.25) is 4.79 Å². The van der Waals surface area contributed by atoms with Crippen molar-refractivity contribution in [1.29, 1.82) is 5.26 Å². The molecule has 0 atom stereocenters. The number of H-pyrrole nitrogens is 1. The Bertz CT molecular complexity index is 946. The van der Waals surface area contributed by atoms with Gasteiger partial charge in [-0.05, 0) is 29.8 Å². The molecule has 0 radical (unpaired) electrons. The predicted molar refractivity (Wildman–Crippen MR) is 83.0 cm³/mol. The molecule has 0 aliphatic carbocycles. The van der Waals surface area contributed by atoms with Gasteiger partial charge in [0, 0.05) is 5.75 Å². The molecule has 3 rings (SSSR count). The van der Waals surface area contributed by atoms with Crippen molar-refractivity contribution in [2.45, 2.75) is 10.9 Å². The number of aromatic nitrogens is 2. The summed E-state index contributed by atoms with van der Waals surface area (Å²) in [6, 6.07) is 13.3. The molecule has 0 fully saturated rings. The first kappa shape index (κ1) is 14.3. The van der Waals surface area contributed by atoms with Crippen molar-refractivity contribution in [2.24, 2.45) is 0 Å². The number of benzene rings is 2. The summed E-state index contributed by atoms with van der Waals surface area (Å²) in [7, 11) is 0. The topological polar surface area (TPSA) is 69.5 Å². The highest BCUT2D eigenvalue weighted by Gasteiger charge is 2.07. The highest BCUT2D eigenvalue weighted by atomic mass is 32.2. The van der Waals surface area contributed by atoms with Crippen LogP contribution in [0, 0.1) is 17.1 Å². The number of nitriles is 1. The lowest BCUT2D eigenvalue weighted by Gasteiger charge is -2.04. The predicted octanol–water partition coefficient (Wildman–Crippen LogP) is 3.23. The summed E-state index contributed by atoms with van der Waals surface area (Å²) in [6.45, 7) is 0. The van der Waals surface area contributed by atoms with E-state index in [0.717, 1.165) is 5.56 Å². The van der Waals surface area contributed by atoms with E-state index in [2.05, 4.69) is 16.0 Å². The summed E-state index contributed by atoms with van der Waals surface area (Å²) in [5.41, 5.74) is 1.54. The van der Waals surface area contributed by atoms with Gasteiger partial charge < -0.3 is 4.98 Å². The van der Waals surface area contributed by atoms with Gasteiger partial charge in [-0.1, -0.05) is 30.0 Å². The lowest BCUT2D eigenvalue weighted by atomic mass is 10.1. The normalized spacial score (nSPS) is 10.5. The van der Waals surface area contributed by atoms with Gasteiger partial charge in [0.1, 0.15) is 5.82 Å². The summed E-state index contributed by atoms with van der Waals surface area (Å²) in [5.74, 6) is 0.0440. The molecule has 1 N–H and O–H groups in total. The van der Waals surface area contributed by atoms with Crippen molar-refractivity contribution in [3.05, 3.63) is 69.8 Å². The van der Waals surface area contributed by atoms with E-state index in [1.54, 1.807) is 12.1 Å². The van der Waals surface area contributed by atoms with Crippen LogP contribution in [0.4, 0.5) is 4.39 Å². The van der Waals surface area contributed by atoms with Crippen molar-refractivity contribution in [3.63, 3.8) is 0 Å². The standard InChI is InChI=1S/C16H10FN3OS/c17-12-5-6-14-13(7-12)15(21)20-16(19-14)22-9-11-4-2-1-3-10(11)8-18/h1-7H,9H2,(H,19,20,21). The number of rotatable bonds is 3. The fourth-order valence-corrected chi connectivity index (χ4v) is 2.93. The molecule has 0 unspecified atom stereocenters. The maximum Gasteiger partial charge on any atom is 0.259 e. The molecule has 1 heterocycles. The molecule has 3 aromatic rings. The Labute approximate surface area is 129 Å². The van der Waals surface area contributed by atoms with E-state index in [4.69, 9.17) is 5.26 Å². The second-order valence-electron chi connectivity index (χ2n) is 4.59. The Kier molecular flexibility index (Phi) is 3.90. The van der Waals surface area contributed by atoms with Gasteiger partial charge in [0.2, 0.25) is 0 Å². The maximum absolute atomic E-state index is 13.2. The van der Waals surface area contributed by atoms with Crippen molar-refractivity contribution in [2.75, 3.05) is 0 Å². The van der Waals surface area contributed by atoms with Crippen LogP contribution in [0.1, 0.15) is 11.1 Å². The molecule has 4 nitrogen and oxygen atoms in total. The molecular formula is C16H10FN3OS. The third-order valence-electron chi connectivity index (χ3n) is 3.15. The summed E-state index contributed by atoms with van der Waals surface area (Å²) in [4.78, 5) is 18.9. The lowest BCUT2D eigenvalue weighted by Crippen LogP contribution is -2.09. The summed E-state index contributed by atoms with van der Waals surface area (Å²) in [6.07, 6.45) is 0. The van der Waals surface area contributed by atoms with E-state index in [1.807, 2.05) is 12.1 Å². The van der Waals surface area contributed by atoms with Crippen LogP contribution in [0.3, 0.4) is 0 Å². The SMILES string of the molecule is N#Cc1ccccc1CSc1nc2ccc(F)cc2c(=O)[nH]1. The number of fused-ring (bicyclic) bond motifs is 1. The van der Waals surface area contributed by atoms with Gasteiger partial charge in [-0.15, -0.1) is 0 Å². The summed E-state index contributed by atoms with van der Waals surface area (Å²) in [5, 5.41) is 9.72. The number of nitrogens with one attached hydrogen (secondary N) is 1. The van der Waals surface area contributed by atoms with E-state index in [-0.39, 0.29) is 10.9 Å². The molecule has 0 spiro atoms. The molecule has 0 aliphatic heterocycles. The third kappa shape index (κ3) is 2.85. The van der Waals surface area contributed by atoms with Gasteiger partial charge in [0.25, 0.3) is 5.56 Å². The third-order valence-corrected chi connectivity index (χ3v) is 4.07. The molecule has 0 aliphatic rings. The number of hydrogen-bond acceptors (Lipinski definition) is 4. The zero-order chi connectivity index (χ0) is 15.5. The Morgan fingerprint density at radius 1 is 1.27 bits per heavy atom. The molecule has 2 aromatic carbocycles. The number of hydrogen-bond donors (Lipinski definition) is 1. The first-order valence-corrected chi connectivity index (χ1v) is 7.46. The van der Waals surface area contributed by atoms with Gasteiger partial charge >= 0.3 is 0 Å². The molecule has 0 bridgehead atoms. The van der Waals surface area contributed by atoms with E-state index in [0.29, 0.717) is 22.0 Å². The first-order chi connectivity index (χ1) is 10.7. The molecule has 22 heavy (non-hydrogen) atoms. The van der Waals surface area contributed by atoms with Crippen molar-refractivity contribution in [3.8, 4) is 6.07 Å². The van der Waals surface area contributed by atoms with Crippen LogP contribution < -0.4 is 5.56 Å². The van der Waals surface area contributed by atoms with Crippen LogP contribution in [-0.2, 0) is 5.75 Å². The average Bonchev–Trinajstić information content (AvgIpc) is 2.54. The van der Waals surface area contributed by atoms with Crippen LogP contribution in [-0.4, -0.2) is 9.97 Å². The fourth-order valence-electron chi connectivity index (χ4n) is 2.06. The number of nitrogens with zero attached hydrogens (tertiary/aromatic N) is 2. The van der Waals surface area contributed by atoms with Crippen molar-refractivity contribution in [1.82, 2.24) is 9.97 Å². The minimum Gasteiger partial charge on any atom is -0.301 e. The molecule has 0 saturated heterocycles. The fraction of sp³-hybridized carbons (Fsp3) is 0.0625. The zero-order valence-electron chi connectivity index (χ0n) is 11.3. The van der Waals surface area contributed by atoms with Crippen LogP contribution in [0.25, 0.3) is 10.9 Å². The van der Waals surface area contributed by atoms with Crippen LogP contribution in [0.15, 0.2) is 52.4 Å². The quantitative estimate of drug-likeness (QED) is 0.595. The molecule has 6 heteroatoms. The highest BCUT2D eigenvalue weighted by molar-refractivity contribution is 7.98. The molecule has 0 saturated carbocycles. The zero-order valence-corrected chi connectivity index (χ0v) is 12.2. The second kappa shape index (κ2) is 6.00. The van der Waals surface area contributed by atoms with E-state index in [9.17, 15) is 9.18 Å². The maximum atomic E-state index is 13.2. The van der Waals surface area contributed by atoms with Gasteiger partial charge in [-0.25, -0.2) is 9.37 Å². The average molecular weight is 311 g/mol. The second-order valence-corrected chi connectivity index (χ2v) is 5.55. The summed E-state index contributed by atoms with van der Waals surface area (Å²) >= 11 is 1.32. The number of aromatic amines is 1. The number of halogens is 1. The summed E-state index contributed by atoms with van der Waals surface area (Å²) < 4.78 is 13.2. The monoisotopic (exact) mass is 311 g/mol. The van der Waals surface area contributed by atoms with Gasteiger partial charge in [0.15, 0.2) is 5.16 Å². The van der Waals surface area contributed by atoms with Crippen molar-refractivity contribution < 1.29 is 4.39 Å². The minimum absolute atomic E-state index is 0.224. The lowest BCUT2D eigenvalue weighted by molar-refractivity contribution is 0.629. The molecule has 1 aromatic heterocycles. The van der Waals surface area contributed by atoms with Crippen LogP contribution in [0.2, 0.25) is 0 Å². The highest BCUT2D eigenvalue weighted by Crippen LogP contribution is 2.22. The van der Waals surface area contributed by atoms with Gasteiger partial charge in [-0.2, -0.15) is 5.26 Å². The largest absolute Gasteiger partial charge is 0.301 e. The van der Waals surface area contributed by atoms with E-state index < -0.39 is 5.82 Å². The Morgan fingerprint density at radius 3 is 2.91 bits per heavy atom. The van der Waals surface area contributed by atoms with Crippen LogP contribution in [0.5, 0.6) is 0 Å². The molecular weight excluding hydrogens is 301 g/mol.